The maximum atomic E-state index is 11.7. The van der Waals surface area contributed by atoms with Crippen molar-refractivity contribution in [2.75, 3.05) is 37.3 Å². The molecule has 1 heterocycles. The van der Waals surface area contributed by atoms with E-state index in [0.717, 1.165) is 31.9 Å². The summed E-state index contributed by atoms with van der Waals surface area (Å²) in [6, 6.07) is 5.03. The third-order valence-corrected chi connectivity index (χ3v) is 4.14. The number of nitrogens with zero attached hydrogens (tertiary/aromatic N) is 1. The number of piperazine rings is 1. The summed E-state index contributed by atoms with van der Waals surface area (Å²) in [5, 5.41) is 3.69. The normalized spacial score (nSPS) is 17.2. The van der Waals surface area contributed by atoms with E-state index < -0.39 is 9.84 Å². The fourth-order valence-electron chi connectivity index (χ4n) is 1.95. The average molecular weight is 275 g/mol. The van der Waals surface area contributed by atoms with Gasteiger partial charge in [0, 0.05) is 37.5 Å². The van der Waals surface area contributed by atoms with Crippen LogP contribution in [0.15, 0.2) is 23.1 Å². The van der Waals surface area contributed by atoms with E-state index in [4.69, 9.17) is 11.6 Å². The van der Waals surface area contributed by atoms with Crippen molar-refractivity contribution in [2.45, 2.75) is 4.90 Å². The van der Waals surface area contributed by atoms with Crippen LogP contribution in [0.3, 0.4) is 0 Å². The summed E-state index contributed by atoms with van der Waals surface area (Å²) in [5.74, 6) is 0. The second kappa shape index (κ2) is 4.84. The van der Waals surface area contributed by atoms with Crippen molar-refractivity contribution in [3.05, 3.63) is 23.2 Å². The Morgan fingerprint density at radius 1 is 1.29 bits per heavy atom. The molecule has 0 aliphatic carbocycles. The van der Waals surface area contributed by atoms with Crippen molar-refractivity contribution >= 4 is 27.1 Å². The minimum Gasteiger partial charge on any atom is -0.368 e. The van der Waals surface area contributed by atoms with Gasteiger partial charge in [0.05, 0.1) is 10.6 Å². The number of halogens is 1. The van der Waals surface area contributed by atoms with Crippen LogP contribution in [0, 0.1) is 0 Å². The van der Waals surface area contributed by atoms with Crippen LogP contribution in [-0.2, 0) is 9.84 Å². The Balaban J connectivity index is 2.45. The molecule has 0 unspecified atom stereocenters. The summed E-state index contributed by atoms with van der Waals surface area (Å²) in [6.07, 6.45) is 1.21. The summed E-state index contributed by atoms with van der Waals surface area (Å²) < 4.78 is 23.5. The molecule has 6 heteroatoms. The lowest BCUT2D eigenvalue weighted by Crippen LogP contribution is -2.44. The van der Waals surface area contributed by atoms with E-state index in [1.807, 2.05) is 0 Å². The molecule has 0 aromatic heterocycles. The Bertz CT molecular complexity index is 510. The van der Waals surface area contributed by atoms with Gasteiger partial charge >= 0.3 is 0 Å². The minimum absolute atomic E-state index is 0.312. The van der Waals surface area contributed by atoms with Gasteiger partial charge in [-0.2, -0.15) is 0 Å². The molecule has 94 valence electrons. The van der Waals surface area contributed by atoms with Gasteiger partial charge in [-0.25, -0.2) is 8.42 Å². The van der Waals surface area contributed by atoms with Crippen molar-refractivity contribution in [3.8, 4) is 0 Å². The first-order chi connectivity index (χ1) is 7.98. The zero-order chi connectivity index (χ0) is 12.5. The highest BCUT2D eigenvalue weighted by atomic mass is 35.5. The topological polar surface area (TPSA) is 49.4 Å². The molecule has 0 radical (unpaired) electrons. The Morgan fingerprint density at radius 3 is 2.53 bits per heavy atom. The van der Waals surface area contributed by atoms with E-state index in [0.29, 0.717) is 9.92 Å². The molecular weight excluding hydrogens is 260 g/mol. The molecule has 1 fully saturated rings. The van der Waals surface area contributed by atoms with Gasteiger partial charge < -0.3 is 10.2 Å². The Kier molecular flexibility index (Phi) is 3.61. The maximum Gasteiger partial charge on any atom is 0.177 e. The van der Waals surface area contributed by atoms with Crippen molar-refractivity contribution < 1.29 is 8.42 Å². The van der Waals surface area contributed by atoms with Crippen molar-refractivity contribution in [2.24, 2.45) is 0 Å². The fraction of sp³-hybridized carbons (Fsp3) is 0.455. The van der Waals surface area contributed by atoms with Gasteiger partial charge in [0.1, 0.15) is 0 Å². The second-order valence-corrected chi connectivity index (χ2v) is 6.54. The van der Waals surface area contributed by atoms with E-state index in [1.165, 1.54) is 12.3 Å². The van der Waals surface area contributed by atoms with Crippen molar-refractivity contribution in [3.63, 3.8) is 0 Å². The van der Waals surface area contributed by atoms with Crippen LogP contribution in [0.25, 0.3) is 0 Å². The Morgan fingerprint density at radius 2 is 1.94 bits per heavy atom. The molecule has 1 aromatic carbocycles. The lowest BCUT2D eigenvalue weighted by molar-refractivity contribution is 0.581. The van der Waals surface area contributed by atoms with Crippen LogP contribution in [0.4, 0.5) is 5.69 Å². The molecule has 1 N–H and O–H groups in total. The first-order valence-electron chi connectivity index (χ1n) is 5.44. The van der Waals surface area contributed by atoms with Crippen molar-refractivity contribution in [1.29, 1.82) is 0 Å². The SMILES string of the molecule is CS(=O)(=O)c1cc(Cl)ccc1N1CCNCC1. The lowest BCUT2D eigenvalue weighted by Gasteiger charge is -2.30. The molecule has 0 atom stereocenters. The van der Waals surface area contributed by atoms with E-state index in [2.05, 4.69) is 10.2 Å². The molecule has 0 amide bonds. The fourth-order valence-corrected chi connectivity index (χ4v) is 3.11. The molecule has 17 heavy (non-hydrogen) atoms. The number of sulfone groups is 1. The maximum absolute atomic E-state index is 11.7. The first kappa shape index (κ1) is 12.7. The number of anilines is 1. The second-order valence-electron chi connectivity index (χ2n) is 4.12. The van der Waals surface area contributed by atoms with Crippen LogP contribution in [0.5, 0.6) is 0 Å². The highest BCUT2D eigenvalue weighted by Crippen LogP contribution is 2.28. The summed E-state index contributed by atoms with van der Waals surface area (Å²) in [7, 11) is -3.25. The van der Waals surface area contributed by atoms with Gasteiger partial charge in [-0.05, 0) is 18.2 Å². The van der Waals surface area contributed by atoms with E-state index >= 15 is 0 Å². The largest absolute Gasteiger partial charge is 0.368 e. The number of hydrogen-bond donors (Lipinski definition) is 1. The third kappa shape index (κ3) is 2.91. The Hall–Kier alpha value is -0.780. The first-order valence-corrected chi connectivity index (χ1v) is 7.71. The predicted molar refractivity (Wildman–Crippen MR) is 69.6 cm³/mol. The van der Waals surface area contributed by atoms with Gasteiger partial charge in [0.2, 0.25) is 0 Å². The monoisotopic (exact) mass is 274 g/mol. The molecule has 0 bridgehead atoms. The van der Waals surface area contributed by atoms with Gasteiger partial charge in [0.15, 0.2) is 9.84 Å². The van der Waals surface area contributed by atoms with Gasteiger partial charge in [0.25, 0.3) is 0 Å². The highest BCUT2D eigenvalue weighted by molar-refractivity contribution is 7.90. The lowest BCUT2D eigenvalue weighted by atomic mass is 10.2. The van der Waals surface area contributed by atoms with Crippen LogP contribution in [-0.4, -0.2) is 40.9 Å². The summed E-state index contributed by atoms with van der Waals surface area (Å²) >= 11 is 5.87. The molecule has 4 nitrogen and oxygen atoms in total. The molecule has 1 aliphatic rings. The molecular formula is C11H15ClN2O2S. The summed E-state index contributed by atoms with van der Waals surface area (Å²) in [6.45, 7) is 3.35. The molecule has 1 aromatic rings. The molecule has 1 aliphatic heterocycles. The standard InChI is InChI=1S/C11H15ClN2O2S/c1-17(15,16)11-8-9(12)2-3-10(11)14-6-4-13-5-7-14/h2-3,8,13H,4-7H2,1H3. The zero-order valence-electron chi connectivity index (χ0n) is 9.61. The third-order valence-electron chi connectivity index (χ3n) is 2.78. The Labute approximate surface area is 106 Å². The van der Waals surface area contributed by atoms with E-state index in [1.54, 1.807) is 12.1 Å². The van der Waals surface area contributed by atoms with Gasteiger partial charge in [-0.3, -0.25) is 0 Å². The number of hydrogen-bond acceptors (Lipinski definition) is 4. The highest BCUT2D eigenvalue weighted by Gasteiger charge is 2.19. The molecule has 2 rings (SSSR count). The quantitative estimate of drug-likeness (QED) is 0.879. The smallest absolute Gasteiger partial charge is 0.177 e. The summed E-state index contributed by atoms with van der Waals surface area (Å²) in [5.41, 5.74) is 0.749. The van der Waals surface area contributed by atoms with E-state index in [-0.39, 0.29) is 0 Å². The average Bonchev–Trinajstić information content (AvgIpc) is 2.29. The number of nitrogens with one attached hydrogen (secondary N) is 1. The summed E-state index contributed by atoms with van der Waals surface area (Å²) in [4.78, 5) is 2.38. The van der Waals surface area contributed by atoms with Crippen LogP contribution < -0.4 is 10.2 Å². The van der Waals surface area contributed by atoms with Crippen LogP contribution >= 0.6 is 11.6 Å². The molecule has 0 spiro atoms. The van der Waals surface area contributed by atoms with E-state index in [9.17, 15) is 8.42 Å². The number of benzene rings is 1. The zero-order valence-corrected chi connectivity index (χ0v) is 11.2. The molecule has 1 saturated heterocycles. The predicted octanol–water partition coefficient (Wildman–Crippen LogP) is 1.15. The number of rotatable bonds is 2. The van der Waals surface area contributed by atoms with Gasteiger partial charge in [-0.1, -0.05) is 11.6 Å². The minimum atomic E-state index is -3.25. The van der Waals surface area contributed by atoms with Gasteiger partial charge in [-0.15, -0.1) is 0 Å². The van der Waals surface area contributed by atoms with Crippen LogP contribution in [0.2, 0.25) is 5.02 Å². The van der Waals surface area contributed by atoms with Crippen LogP contribution in [0.1, 0.15) is 0 Å². The van der Waals surface area contributed by atoms with Crippen molar-refractivity contribution in [1.82, 2.24) is 5.32 Å². The molecule has 0 saturated carbocycles.